The molecule has 1 aliphatic rings. The van der Waals surface area contributed by atoms with Gasteiger partial charge in [0, 0.05) is 19.1 Å². The fourth-order valence-electron chi connectivity index (χ4n) is 2.45. The lowest BCUT2D eigenvalue weighted by Gasteiger charge is -2.29. The molecule has 0 atom stereocenters. The number of fused-ring (bicyclic) bond motifs is 1. The van der Waals surface area contributed by atoms with E-state index in [1.165, 1.54) is 4.90 Å². The smallest absolute Gasteiger partial charge is 0.407 e. The summed E-state index contributed by atoms with van der Waals surface area (Å²) in [4.78, 5) is 16.6. The van der Waals surface area contributed by atoms with Gasteiger partial charge in [0.25, 0.3) is 6.01 Å². The molecule has 2 heterocycles. The minimum atomic E-state index is -0.876. The third kappa shape index (κ3) is 2.74. The predicted molar refractivity (Wildman–Crippen MR) is 75.0 cm³/mol. The maximum absolute atomic E-state index is 10.8. The van der Waals surface area contributed by atoms with Gasteiger partial charge >= 0.3 is 6.09 Å². The number of likely N-dealkylation sites (tertiary alicyclic amines) is 1. The van der Waals surface area contributed by atoms with Crippen LogP contribution in [0.4, 0.5) is 10.8 Å². The molecule has 0 radical (unpaired) electrons. The third-order valence-electron chi connectivity index (χ3n) is 3.61. The Morgan fingerprint density at radius 1 is 1.48 bits per heavy atom. The number of oxazole rings is 1. The molecular formula is C14H14N4O3. The van der Waals surface area contributed by atoms with Gasteiger partial charge in [-0.2, -0.15) is 10.2 Å². The molecule has 0 spiro atoms. The van der Waals surface area contributed by atoms with Crippen LogP contribution in [0.5, 0.6) is 0 Å². The molecule has 0 unspecified atom stereocenters. The molecule has 1 aliphatic heterocycles. The van der Waals surface area contributed by atoms with Crippen LogP contribution in [0.2, 0.25) is 0 Å². The Balaban J connectivity index is 1.68. The van der Waals surface area contributed by atoms with Gasteiger partial charge < -0.3 is 19.7 Å². The number of carbonyl (C=O) groups is 1. The molecule has 1 aromatic heterocycles. The summed E-state index contributed by atoms with van der Waals surface area (Å²) in [6, 6.07) is 7.70. The highest BCUT2D eigenvalue weighted by atomic mass is 16.4. The van der Waals surface area contributed by atoms with Gasteiger partial charge in [0.05, 0.1) is 11.6 Å². The minimum absolute atomic E-state index is 0.143. The second-order valence-electron chi connectivity index (χ2n) is 5.00. The van der Waals surface area contributed by atoms with Gasteiger partial charge in [0.15, 0.2) is 5.58 Å². The van der Waals surface area contributed by atoms with E-state index >= 15 is 0 Å². The molecule has 1 fully saturated rings. The van der Waals surface area contributed by atoms with E-state index < -0.39 is 6.09 Å². The molecule has 3 rings (SSSR count). The Morgan fingerprint density at radius 2 is 2.24 bits per heavy atom. The Hall–Kier alpha value is -2.75. The highest BCUT2D eigenvalue weighted by Gasteiger charge is 2.23. The summed E-state index contributed by atoms with van der Waals surface area (Å²) in [6.07, 6.45) is 0.558. The predicted octanol–water partition coefficient (Wildman–Crippen LogP) is 2.25. The van der Waals surface area contributed by atoms with Crippen LogP contribution in [-0.4, -0.2) is 40.2 Å². The van der Waals surface area contributed by atoms with Crippen LogP contribution in [0.25, 0.3) is 11.1 Å². The van der Waals surface area contributed by atoms with Crippen LogP contribution in [0.3, 0.4) is 0 Å². The summed E-state index contributed by atoms with van der Waals surface area (Å²) in [7, 11) is 0. The van der Waals surface area contributed by atoms with Crippen LogP contribution in [0, 0.1) is 11.3 Å². The topological polar surface area (TPSA) is 102 Å². The van der Waals surface area contributed by atoms with Crippen molar-refractivity contribution >= 4 is 23.2 Å². The van der Waals surface area contributed by atoms with Crippen molar-refractivity contribution < 1.29 is 14.3 Å². The fourth-order valence-corrected chi connectivity index (χ4v) is 2.45. The highest BCUT2D eigenvalue weighted by Crippen LogP contribution is 2.22. The summed E-state index contributed by atoms with van der Waals surface area (Å²) >= 11 is 0. The quantitative estimate of drug-likeness (QED) is 0.877. The summed E-state index contributed by atoms with van der Waals surface area (Å²) in [5.41, 5.74) is 1.80. The molecule has 108 valence electrons. The Bertz CT molecular complexity index is 711. The van der Waals surface area contributed by atoms with Gasteiger partial charge in [0.1, 0.15) is 5.52 Å². The second-order valence-corrected chi connectivity index (χ2v) is 5.00. The van der Waals surface area contributed by atoms with Crippen molar-refractivity contribution in [1.82, 2.24) is 9.88 Å². The molecule has 2 N–H and O–H groups in total. The number of nitrogens with zero attached hydrogens (tertiary/aromatic N) is 3. The molecule has 2 aromatic rings. The number of hydrogen-bond acceptors (Lipinski definition) is 5. The van der Waals surface area contributed by atoms with Gasteiger partial charge in [-0.1, -0.05) is 0 Å². The Labute approximate surface area is 120 Å². The van der Waals surface area contributed by atoms with Gasteiger partial charge in [-0.3, -0.25) is 0 Å². The van der Waals surface area contributed by atoms with E-state index in [9.17, 15) is 4.79 Å². The first-order valence-electron chi connectivity index (χ1n) is 6.71. The van der Waals surface area contributed by atoms with Crippen molar-refractivity contribution in [2.45, 2.75) is 18.9 Å². The van der Waals surface area contributed by atoms with Crippen LogP contribution in [0.1, 0.15) is 18.4 Å². The van der Waals surface area contributed by atoms with E-state index in [2.05, 4.69) is 16.4 Å². The molecule has 7 nitrogen and oxygen atoms in total. The number of anilines is 1. The number of hydrogen-bond donors (Lipinski definition) is 2. The summed E-state index contributed by atoms with van der Waals surface area (Å²) in [5, 5.41) is 21.0. The molecule has 21 heavy (non-hydrogen) atoms. The van der Waals surface area contributed by atoms with Crippen LogP contribution >= 0.6 is 0 Å². The second kappa shape index (κ2) is 5.32. The van der Waals surface area contributed by atoms with Crippen molar-refractivity contribution in [2.75, 3.05) is 18.4 Å². The maximum atomic E-state index is 10.8. The number of nitrogens with one attached hydrogen (secondary N) is 1. The van der Waals surface area contributed by atoms with Gasteiger partial charge in [-0.15, -0.1) is 0 Å². The average Bonchev–Trinajstić information content (AvgIpc) is 2.88. The van der Waals surface area contributed by atoms with E-state index in [0.29, 0.717) is 48.6 Å². The fraction of sp³-hybridized carbons (Fsp3) is 0.357. The van der Waals surface area contributed by atoms with Crippen molar-refractivity contribution in [3.8, 4) is 6.07 Å². The Morgan fingerprint density at radius 3 is 2.90 bits per heavy atom. The largest absolute Gasteiger partial charge is 0.465 e. The van der Waals surface area contributed by atoms with Crippen molar-refractivity contribution in [2.24, 2.45) is 0 Å². The molecule has 1 saturated heterocycles. The zero-order chi connectivity index (χ0) is 14.8. The molecule has 7 heteroatoms. The Kier molecular flexibility index (Phi) is 3.36. The number of aromatic nitrogens is 1. The first kappa shape index (κ1) is 13.2. The monoisotopic (exact) mass is 286 g/mol. The molecule has 1 amide bonds. The molecule has 0 aliphatic carbocycles. The molecule has 0 bridgehead atoms. The third-order valence-corrected chi connectivity index (χ3v) is 3.61. The van der Waals surface area contributed by atoms with E-state index in [1.54, 1.807) is 18.2 Å². The first-order chi connectivity index (χ1) is 10.2. The van der Waals surface area contributed by atoms with Gasteiger partial charge in [-0.05, 0) is 31.0 Å². The minimum Gasteiger partial charge on any atom is -0.465 e. The van der Waals surface area contributed by atoms with E-state index in [4.69, 9.17) is 14.8 Å². The summed E-state index contributed by atoms with van der Waals surface area (Å²) in [6.45, 7) is 1.01. The van der Waals surface area contributed by atoms with E-state index in [-0.39, 0.29) is 6.04 Å². The first-order valence-corrected chi connectivity index (χ1v) is 6.71. The van der Waals surface area contributed by atoms with Crippen molar-refractivity contribution in [1.29, 1.82) is 5.26 Å². The zero-order valence-corrected chi connectivity index (χ0v) is 11.2. The average molecular weight is 286 g/mol. The lowest BCUT2D eigenvalue weighted by molar-refractivity contribution is 0.133. The number of piperidine rings is 1. The number of benzene rings is 1. The number of rotatable bonds is 2. The molecule has 0 saturated carbocycles. The van der Waals surface area contributed by atoms with Crippen molar-refractivity contribution in [3.05, 3.63) is 23.8 Å². The van der Waals surface area contributed by atoms with Gasteiger partial charge in [-0.25, -0.2) is 4.79 Å². The zero-order valence-electron chi connectivity index (χ0n) is 11.2. The molecular weight excluding hydrogens is 272 g/mol. The maximum Gasteiger partial charge on any atom is 0.407 e. The van der Waals surface area contributed by atoms with Crippen LogP contribution < -0.4 is 5.32 Å². The lowest BCUT2D eigenvalue weighted by Crippen LogP contribution is -2.41. The summed E-state index contributed by atoms with van der Waals surface area (Å²) < 4.78 is 5.58. The van der Waals surface area contributed by atoms with Crippen molar-refractivity contribution in [3.63, 3.8) is 0 Å². The van der Waals surface area contributed by atoms with E-state index in [1.807, 2.05) is 0 Å². The number of carboxylic acid groups (broad SMARTS) is 1. The SMILES string of the molecule is N#Cc1ccc2oc(NC3CCN(C(=O)O)CC3)nc2c1. The molecule has 1 aromatic carbocycles. The van der Waals surface area contributed by atoms with Crippen LogP contribution in [0.15, 0.2) is 22.6 Å². The standard InChI is InChI=1S/C14H14N4O3/c15-8-9-1-2-12-11(7-9)17-13(21-12)16-10-3-5-18(6-4-10)14(19)20/h1-2,7,10H,3-6H2,(H,16,17)(H,19,20). The number of amides is 1. The normalized spacial score (nSPS) is 15.9. The van der Waals surface area contributed by atoms with Crippen LogP contribution in [-0.2, 0) is 0 Å². The highest BCUT2D eigenvalue weighted by molar-refractivity contribution is 5.76. The number of nitriles is 1. The lowest BCUT2D eigenvalue weighted by atomic mass is 10.1. The van der Waals surface area contributed by atoms with E-state index in [0.717, 1.165) is 0 Å². The van der Waals surface area contributed by atoms with Gasteiger partial charge in [0.2, 0.25) is 0 Å². The summed E-state index contributed by atoms with van der Waals surface area (Å²) in [5.74, 6) is 0.